The highest BCUT2D eigenvalue weighted by Gasteiger charge is 2.13. The predicted octanol–water partition coefficient (Wildman–Crippen LogP) is 0.968. The molecule has 0 aliphatic rings. The molecule has 0 fully saturated rings. The van der Waals surface area contributed by atoms with Crippen LogP contribution in [-0.2, 0) is 13.5 Å². The molecule has 2 N–H and O–H groups in total. The Hall–Kier alpha value is -2.44. The number of pyridine rings is 1. The van der Waals surface area contributed by atoms with Crippen molar-refractivity contribution in [3.63, 3.8) is 0 Å². The van der Waals surface area contributed by atoms with Gasteiger partial charge in [0.05, 0.1) is 11.8 Å². The molecule has 2 aromatic heterocycles. The first-order valence-corrected chi connectivity index (χ1v) is 6.19. The molecule has 0 unspecified atom stereocenters. The third-order valence-electron chi connectivity index (χ3n) is 2.89. The summed E-state index contributed by atoms with van der Waals surface area (Å²) in [5.41, 5.74) is 0.187. The Morgan fingerprint density at radius 2 is 2.25 bits per heavy atom. The Morgan fingerprint density at radius 1 is 1.45 bits per heavy atom. The van der Waals surface area contributed by atoms with Crippen LogP contribution in [-0.4, -0.2) is 34.0 Å². The maximum atomic E-state index is 13.2. The van der Waals surface area contributed by atoms with E-state index in [1.807, 2.05) is 17.8 Å². The third-order valence-corrected chi connectivity index (χ3v) is 2.89. The molecule has 0 radical (unpaired) electrons. The molecule has 2 heterocycles. The number of amides is 1. The monoisotopic (exact) mass is 277 g/mol. The molecule has 0 spiro atoms. The lowest BCUT2D eigenvalue weighted by Crippen LogP contribution is -2.27. The van der Waals surface area contributed by atoms with Crippen molar-refractivity contribution < 1.29 is 9.18 Å². The SMILES string of the molecule is CNc1ncc(F)cc1C(=O)NCCc1nccn1C. The summed E-state index contributed by atoms with van der Waals surface area (Å²) < 4.78 is 15.0. The van der Waals surface area contributed by atoms with Gasteiger partial charge in [0.2, 0.25) is 0 Å². The van der Waals surface area contributed by atoms with Gasteiger partial charge in [-0.3, -0.25) is 4.79 Å². The second-order valence-electron chi connectivity index (χ2n) is 4.26. The molecular formula is C13H16FN5O. The van der Waals surface area contributed by atoms with Crippen molar-refractivity contribution in [3.05, 3.63) is 41.9 Å². The quantitative estimate of drug-likeness (QED) is 0.854. The number of aryl methyl sites for hydroxylation is 1. The van der Waals surface area contributed by atoms with Gasteiger partial charge in [-0.05, 0) is 6.07 Å². The van der Waals surface area contributed by atoms with Crippen molar-refractivity contribution in [1.82, 2.24) is 19.9 Å². The molecule has 7 heteroatoms. The van der Waals surface area contributed by atoms with E-state index in [-0.39, 0.29) is 11.5 Å². The molecular weight excluding hydrogens is 261 g/mol. The summed E-state index contributed by atoms with van der Waals surface area (Å²) in [6.45, 7) is 0.420. The molecule has 2 rings (SSSR count). The third kappa shape index (κ3) is 3.11. The molecule has 1 amide bonds. The minimum Gasteiger partial charge on any atom is -0.372 e. The zero-order valence-electron chi connectivity index (χ0n) is 11.4. The molecule has 6 nitrogen and oxygen atoms in total. The van der Waals surface area contributed by atoms with Crippen LogP contribution in [0.2, 0.25) is 0 Å². The first-order chi connectivity index (χ1) is 9.61. The number of rotatable bonds is 5. The lowest BCUT2D eigenvalue weighted by molar-refractivity contribution is 0.0954. The second-order valence-corrected chi connectivity index (χ2v) is 4.26. The zero-order valence-corrected chi connectivity index (χ0v) is 11.4. The number of hydrogen-bond acceptors (Lipinski definition) is 4. The summed E-state index contributed by atoms with van der Waals surface area (Å²) in [5.74, 6) is 0.311. The standard InChI is InChI=1S/C13H16FN5O/c1-15-12-10(7-9(14)8-18-12)13(20)17-4-3-11-16-5-6-19(11)2/h5-8H,3-4H2,1-2H3,(H,15,18)(H,17,20). The summed E-state index contributed by atoms with van der Waals surface area (Å²) in [6.07, 6.45) is 5.21. The van der Waals surface area contributed by atoms with E-state index in [2.05, 4.69) is 20.6 Å². The van der Waals surface area contributed by atoms with Crippen LogP contribution >= 0.6 is 0 Å². The predicted molar refractivity (Wildman–Crippen MR) is 73.0 cm³/mol. The average molecular weight is 277 g/mol. The lowest BCUT2D eigenvalue weighted by Gasteiger charge is -2.09. The highest BCUT2D eigenvalue weighted by Crippen LogP contribution is 2.12. The van der Waals surface area contributed by atoms with Crippen molar-refractivity contribution in [2.45, 2.75) is 6.42 Å². The van der Waals surface area contributed by atoms with Gasteiger partial charge in [0.25, 0.3) is 5.91 Å². The Morgan fingerprint density at radius 3 is 2.90 bits per heavy atom. The Balaban J connectivity index is 1.98. The van der Waals surface area contributed by atoms with Crippen LogP contribution < -0.4 is 10.6 Å². The molecule has 0 atom stereocenters. The molecule has 0 aromatic carbocycles. The number of nitrogens with zero attached hydrogens (tertiary/aromatic N) is 3. The lowest BCUT2D eigenvalue weighted by atomic mass is 10.2. The maximum absolute atomic E-state index is 13.2. The first kappa shape index (κ1) is 14.0. The topological polar surface area (TPSA) is 71.8 Å². The second kappa shape index (κ2) is 6.14. The fourth-order valence-electron chi connectivity index (χ4n) is 1.83. The molecule has 0 bridgehead atoms. The van der Waals surface area contributed by atoms with Gasteiger partial charge in [0, 0.05) is 39.5 Å². The van der Waals surface area contributed by atoms with Crippen molar-refractivity contribution >= 4 is 11.7 Å². The van der Waals surface area contributed by atoms with Crippen molar-refractivity contribution in [3.8, 4) is 0 Å². The van der Waals surface area contributed by atoms with E-state index in [1.165, 1.54) is 0 Å². The van der Waals surface area contributed by atoms with E-state index in [4.69, 9.17) is 0 Å². The highest BCUT2D eigenvalue weighted by molar-refractivity contribution is 5.98. The van der Waals surface area contributed by atoms with E-state index in [0.717, 1.165) is 18.1 Å². The Kier molecular flexibility index (Phi) is 4.29. The van der Waals surface area contributed by atoms with E-state index in [0.29, 0.717) is 18.8 Å². The van der Waals surface area contributed by atoms with Crippen LogP contribution in [0.15, 0.2) is 24.7 Å². The minimum atomic E-state index is -0.543. The van der Waals surface area contributed by atoms with Crippen molar-refractivity contribution in [2.75, 3.05) is 18.9 Å². The number of carbonyl (C=O) groups excluding carboxylic acids is 1. The van der Waals surface area contributed by atoms with Crippen LogP contribution in [0.4, 0.5) is 10.2 Å². The Labute approximate surface area is 116 Å². The maximum Gasteiger partial charge on any atom is 0.255 e. The van der Waals surface area contributed by atoms with Crippen LogP contribution in [0.5, 0.6) is 0 Å². The van der Waals surface area contributed by atoms with Crippen molar-refractivity contribution in [2.24, 2.45) is 7.05 Å². The number of halogens is 1. The van der Waals surface area contributed by atoms with E-state index in [9.17, 15) is 9.18 Å². The van der Waals surface area contributed by atoms with Crippen LogP contribution in [0.3, 0.4) is 0 Å². The van der Waals surface area contributed by atoms with Gasteiger partial charge < -0.3 is 15.2 Å². The van der Waals surface area contributed by atoms with E-state index >= 15 is 0 Å². The molecule has 0 saturated heterocycles. The summed E-state index contributed by atoms with van der Waals surface area (Å²) in [7, 11) is 3.52. The van der Waals surface area contributed by atoms with Crippen LogP contribution in [0.1, 0.15) is 16.2 Å². The summed E-state index contributed by atoms with van der Waals surface area (Å²) >= 11 is 0. The molecule has 106 valence electrons. The van der Waals surface area contributed by atoms with Crippen LogP contribution in [0.25, 0.3) is 0 Å². The highest BCUT2D eigenvalue weighted by atomic mass is 19.1. The van der Waals surface area contributed by atoms with Crippen molar-refractivity contribution in [1.29, 1.82) is 0 Å². The fraction of sp³-hybridized carbons (Fsp3) is 0.308. The smallest absolute Gasteiger partial charge is 0.255 e. The number of imidazole rings is 1. The van der Waals surface area contributed by atoms with E-state index < -0.39 is 5.82 Å². The van der Waals surface area contributed by atoms with Gasteiger partial charge in [-0.2, -0.15) is 0 Å². The molecule has 20 heavy (non-hydrogen) atoms. The normalized spacial score (nSPS) is 10.3. The Bertz CT molecular complexity index is 611. The van der Waals surface area contributed by atoms with Gasteiger partial charge in [-0.25, -0.2) is 14.4 Å². The largest absolute Gasteiger partial charge is 0.372 e. The number of carbonyl (C=O) groups is 1. The summed E-state index contributed by atoms with van der Waals surface area (Å²) in [5, 5.41) is 5.49. The van der Waals surface area contributed by atoms with Gasteiger partial charge in [0.1, 0.15) is 17.5 Å². The molecule has 0 saturated carbocycles. The molecule has 0 aliphatic carbocycles. The molecule has 0 aliphatic heterocycles. The molecule has 2 aromatic rings. The number of anilines is 1. The van der Waals surface area contributed by atoms with Gasteiger partial charge in [-0.1, -0.05) is 0 Å². The van der Waals surface area contributed by atoms with Gasteiger partial charge in [-0.15, -0.1) is 0 Å². The fourth-order valence-corrected chi connectivity index (χ4v) is 1.83. The van der Waals surface area contributed by atoms with Gasteiger partial charge in [0.15, 0.2) is 0 Å². The average Bonchev–Trinajstić information content (AvgIpc) is 2.84. The zero-order chi connectivity index (χ0) is 14.5. The first-order valence-electron chi connectivity index (χ1n) is 6.19. The minimum absolute atomic E-state index is 0.187. The summed E-state index contributed by atoms with van der Waals surface area (Å²) in [6, 6.07) is 1.16. The van der Waals surface area contributed by atoms with Gasteiger partial charge >= 0.3 is 0 Å². The number of hydrogen-bond donors (Lipinski definition) is 2. The van der Waals surface area contributed by atoms with Crippen LogP contribution in [0, 0.1) is 5.82 Å². The number of aromatic nitrogens is 3. The summed E-state index contributed by atoms with van der Waals surface area (Å²) in [4.78, 5) is 20.0. The van der Waals surface area contributed by atoms with E-state index in [1.54, 1.807) is 13.2 Å². The number of nitrogens with one attached hydrogen (secondary N) is 2.